The van der Waals surface area contributed by atoms with E-state index in [1.54, 1.807) is 24.3 Å². The Balaban J connectivity index is 1.66. The summed E-state index contributed by atoms with van der Waals surface area (Å²) in [5, 5.41) is 11.5. The molecule has 1 atom stereocenters. The smallest absolute Gasteiger partial charge is 0.293 e. The number of ketones is 1. The highest BCUT2D eigenvalue weighted by molar-refractivity contribution is 6.08. The molecule has 0 radical (unpaired) electrons. The van der Waals surface area contributed by atoms with E-state index < -0.39 is 10.8 Å². The number of amides is 1. The van der Waals surface area contributed by atoms with Crippen LogP contribution >= 0.6 is 0 Å². The standard InChI is InChI=1S/C22H18N2O6/c25-18-7-3-6-17-22(18)14(13-8-9-19-20(10-13)30-12-29-19)11-21(26)23(17)15-4-1-2-5-16(15)24(27)28/h1-2,4-5,8-10,14H,3,6-7,11-12H2. The van der Waals surface area contributed by atoms with Gasteiger partial charge in [0.25, 0.3) is 5.69 Å². The largest absolute Gasteiger partial charge is 0.454 e. The third-order valence-corrected chi connectivity index (χ3v) is 5.79. The first-order valence-corrected chi connectivity index (χ1v) is 9.77. The Bertz CT molecular complexity index is 1120. The number of benzene rings is 2. The number of Topliss-reactive ketones (excluding diaryl/α,β-unsaturated/α-hetero) is 1. The van der Waals surface area contributed by atoms with Gasteiger partial charge in [-0.1, -0.05) is 18.2 Å². The minimum Gasteiger partial charge on any atom is -0.454 e. The van der Waals surface area contributed by atoms with Crippen LogP contribution in [-0.2, 0) is 9.59 Å². The zero-order valence-electron chi connectivity index (χ0n) is 16.0. The van der Waals surface area contributed by atoms with Gasteiger partial charge in [-0.3, -0.25) is 24.6 Å². The van der Waals surface area contributed by atoms with Gasteiger partial charge in [-0.15, -0.1) is 0 Å². The fourth-order valence-corrected chi connectivity index (χ4v) is 4.49. The molecule has 30 heavy (non-hydrogen) atoms. The van der Waals surface area contributed by atoms with Crippen LogP contribution in [-0.4, -0.2) is 23.4 Å². The summed E-state index contributed by atoms with van der Waals surface area (Å²) in [6.07, 6.45) is 1.57. The Morgan fingerprint density at radius 1 is 1.03 bits per heavy atom. The van der Waals surface area contributed by atoms with E-state index in [4.69, 9.17) is 9.47 Å². The number of hydrogen-bond donors (Lipinski definition) is 0. The van der Waals surface area contributed by atoms with Crippen LogP contribution in [0.2, 0.25) is 0 Å². The third-order valence-electron chi connectivity index (χ3n) is 5.79. The van der Waals surface area contributed by atoms with Crippen LogP contribution in [0.1, 0.15) is 37.2 Å². The molecule has 1 amide bonds. The van der Waals surface area contributed by atoms with Crippen molar-refractivity contribution in [2.24, 2.45) is 0 Å². The number of rotatable bonds is 3. The van der Waals surface area contributed by atoms with Crippen molar-refractivity contribution in [3.63, 3.8) is 0 Å². The van der Waals surface area contributed by atoms with Gasteiger partial charge in [0, 0.05) is 36.1 Å². The van der Waals surface area contributed by atoms with E-state index in [0.29, 0.717) is 42.0 Å². The van der Waals surface area contributed by atoms with E-state index in [2.05, 4.69) is 0 Å². The fourth-order valence-electron chi connectivity index (χ4n) is 4.49. The third kappa shape index (κ3) is 2.83. The zero-order valence-corrected chi connectivity index (χ0v) is 16.0. The molecular weight excluding hydrogens is 388 g/mol. The first kappa shape index (κ1) is 18.4. The first-order chi connectivity index (χ1) is 14.5. The van der Waals surface area contributed by atoms with Crippen molar-refractivity contribution in [1.82, 2.24) is 0 Å². The molecular formula is C22H18N2O6. The summed E-state index contributed by atoms with van der Waals surface area (Å²) in [4.78, 5) is 38.6. The second-order valence-corrected chi connectivity index (χ2v) is 7.48. The number of ether oxygens (including phenoxy) is 2. The van der Waals surface area contributed by atoms with E-state index >= 15 is 0 Å². The normalized spacial score (nSPS) is 20.4. The molecule has 2 aromatic carbocycles. The molecule has 8 heteroatoms. The lowest BCUT2D eigenvalue weighted by Crippen LogP contribution is -2.40. The van der Waals surface area contributed by atoms with Crippen LogP contribution in [0.15, 0.2) is 53.7 Å². The summed E-state index contributed by atoms with van der Waals surface area (Å²) in [7, 11) is 0. The van der Waals surface area contributed by atoms with Gasteiger partial charge in [-0.25, -0.2) is 0 Å². The van der Waals surface area contributed by atoms with Crippen LogP contribution in [0.25, 0.3) is 0 Å². The number of nitro groups is 1. The van der Waals surface area contributed by atoms with Crippen LogP contribution in [0.4, 0.5) is 11.4 Å². The minimum atomic E-state index is -0.503. The number of hydrogen-bond acceptors (Lipinski definition) is 6. The number of para-hydroxylation sites is 2. The molecule has 0 saturated carbocycles. The molecule has 0 bridgehead atoms. The molecule has 0 N–H and O–H groups in total. The predicted molar refractivity (Wildman–Crippen MR) is 106 cm³/mol. The van der Waals surface area contributed by atoms with Crippen molar-refractivity contribution >= 4 is 23.1 Å². The van der Waals surface area contributed by atoms with Crippen molar-refractivity contribution in [3.8, 4) is 11.5 Å². The van der Waals surface area contributed by atoms with Crippen molar-refractivity contribution in [2.45, 2.75) is 31.6 Å². The quantitative estimate of drug-likeness (QED) is 0.567. The van der Waals surface area contributed by atoms with Gasteiger partial charge < -0.3 is 9.47 Å². The van der Waals surface area contributed by atoms with Crippen molar-refractivity contribution in [1.29, 1.82) is 0 Å². The van der Waals surface area contributed by atoms with Gasteiger partial charge in [-0.2, -0.15) is 0 Å². The maximum absolute atomic E-state index is 13.3. The lowest BCUT2D eigenvalue weighted by atomic mass is 9.77. The maximum atomic E-state index is 13.3. The summed E-state index contributed by atoms with van der Waals surface area (Å²) in [6.45, 7) is 0.140. The molecule has 3 aliphatic rings. The number of carbonyl (C=O) groups excluding carboxylic acids is 2. The lowest BCUT2D eigenvalue weighted by Gasteiger charge is -2.38. The summed E-state index contributed by atoms with van der Waals surface area (Å²) >= 11 is 0. The molecule has 1 aliphatic carbocycles. The van der Waals surface area contributed by atoms with E-state index in [-0.39, 0.29) is 36.3 Å². The fraction of sp³-hybridized carbons (Fsp3) is 0.273. The Labute approximate surface area is 171 Å². The van der Waals surface area contributed by atoms with E-state index in [1.165, 1.54) is 11.0 Å². The van der Waals surface area contributed by atoms with Crippen LogP contribution in [0.3, 0.4) is 0 Å². The minimum absolute atomic E-state index is 0.0185. The Morgan fingerprint density at radius 3 is 2.67 bits per heavy atom. The second-order valence-electron chi connectivity index (χ2n) is 7.48. The molecule has 0 saturated heterocycles. The van der Waals surface area contributed by atoms with E-state index in [9.17, 15) is 19.7 Å². The van der Waals surface area contributed by atoms with Gasteiger partial charge >= 0.3 is 0 Å². The maximum Gasteiger partial charge on any atom is 0.293 e. The highest BCUT2D eigenvalue weighted by atomic mass is 16.7. The van der Waals surface area contributed by atoms with Crippen molar-refractivity contribution in [3.05, 3.63) is 69.4 Å². The summed E-state index contributed by atoms with van der Waals surface area (Å²) in [6, 6.07) is 11.6. The number of anilines is 1. The molecule has 0 aromatic heterocycles. The van der Waals surface area contributed by atoms with E-state index in [0.717, 1.165) is 5.56 Å². The number of fused-ring (bicyclic) bond motifs is 1. The monoisotopic (exact) mass is 406 g/mol. The highest BCUT2D eigenvalue weighted by Crippen LogP contribution is 2.46. The molecule has 152 valence electrons. The average molecular weight is 406 g/mol. The molecule has 1 unspecified atom stereocenters. The molecule has 2 aliphatic heterocycles. The summed E-state index contributed by atoms with van der Waals surface area (Å²) in [5.41, 5.74) is 1.99. The lowest BCUT2D eigenvalue weighted by molar-refractivity contribution is -0.384. The predicted octanol–water partition coefficient (Wildman–Crippen LogP) is 3.85. The van der Waals surface area contributed by atoms with Gasteiger partial charge in [0.1, 0.15) is 5.69 Å². The Morgan fingerprint density at radius 2 is 1.83 bits per heavy atom. The van der Waals surface area contributed by atoms with Crippen LogP contribution < -0.4 is 14.4 Å². The van der Waals surface area contributed by atoms with Crippen molar-refractivity contribution in [2.75, 3.05) is 11.7 Å². The molecule has 0 fully saturated rings. The number of allylic oxidation sites excluding steroid dienone is 2. The zero-order chi connectivity index (χ0) is 20.8. The molecule has 0 spiro atoms. The van der Waals surface area contributed by atoms with Gasteiger partial charge in [0.2, 0.25) is 12.7 Å². The molecule has 5 rings (SSSR count). The Hall–Kier alpha value is -3.68. The topological polar surface area (TPSA) is 99.0 Å². The molecule has 2 heterocycles. The SMILES string of the molecule is O=C1CCCC2=C1C(c1ccc3c(c1)OCO3)CC(=O)N2c1ccccc1[N+](=O)[O-]. The first-order valence-electron chi connectivity index (χ1n) is 9.77. The number of nitrogens with zero attached hydrogens (tertiary/aromatic N) is 2. The van der Waals surface area contributed by atoms with Gasteiger partial charge in [0.05, 0.1) is 4.92 Å². The van der Waals surface area contributed by atoms with Crippen LogP contribution in [0, 0.1) is 10.1 Å². The van der Waals surface area contributed by atoms with Crippen molar-refractivity contribution < 1.29 is 24.0 Å². The van der Waals surface area contributed by atoms with Gasteiger partial charge in [-0.05, 0) is 36.6 Å². The molecule has 8 nitrogen and oxygen atoms in total. The van der Waals surface area contributed by atoms with Crippen LogP contribution in [0.5, 0.6) is 11.5 Å². The average Bonchev–Trinajstić information content (AvgIpc) is 3.21. The summed E-state index contributed by atoms with van der Waals surface area (Å²) < 4.78 is 10.8. The Kier molecular flexibility index (Phi) is 4.27. The highest BCUT2D eigenvalue weighted by Gasteiger charge is 2.41. The van der Waals surface area contributed by atoms with E-state index in [1.807, 2.05) is 12.1 Å². The second kappa shape index (κ2) is 6.98. The molecule has 2 aromatic rings. The summed E-state index contributed by atoms with van der Waals surface area (Å²) in [5.74, 6) is 0.530. The van der Waals surface area contributed by atoms with Gasteiger partial charge in [0.15, 0.2) is 17.3 Å². The number of carbonyl (C=O) groups is 2. The number of nitro benzene ring substituents is 1.